The van der Waals surface area contributed by atoms with Gasteiger partial charge in [-0.05, 0) is 43.5 Å². The molecule has 1 N–H and O–H groups in total. The van der Waals surface area contributed by atoms with Crippen molar-refractivity contribution in [3.05, 3.63) is 58.1 Å². The number of hydrogen-bond donors (Lipinski definition) is 1. The second kappa shape index (κ2) is 10.4. The normalized spacial score (nSPS) is 11.9. The van der Waals surface area contributed by atoms with E-state index in [1.54, 1.807) is 29.2 Å². The Hall–Kier alpha value is -2.18. The lowest BCUT2D eigenvalue weighted by Gasteiger charge is -2.28. The molecule has 0 aliphatic heterocycles. The Morgan fingerprint density at radius 3 is 2.07 bits per heavy atom. The fraction of sp³-hybridized carbons (Fsp3) is 0.400. The molecule has 0 aliphatic carbocycles. The van der Waals surface area contributed by atoms with Gasteiger partial charge in [-0.1, -0.05) is 37.0 Å². The highest BCUT2D eigenvalue weighted by Crippen LogP contribution is 2.13. The first-order chi connectivity index (χ1) is 13.3. The molecule has 0 radical (unpaired) electrons. The lowest BCUT2D eigenvalue weighted by atomic mass is 10.0. The number of aromatic nitrogens is 2. The number of carbonyl (C=O) groups excluding carboxylic acids is 2. The van der Waals surface area contributed by atoms with E-state index in [1.807, 2.05) is 6.92 Å². The Bertz CT molecular complexity index is 795. The van der Waals surface area contributed by atoms with E-state index in [0.717, 1.165) is 6.42 Å². The molecule has 0 spiro atoms. The summed E-state index contributed by atoms with van der Waals surface area (Å²) in [7, 11) is 0. The fourth-order valence-corrected chi connectivity index (χ4v) is 3.06. The quantitative estimate of drug-likeness (QED) is 0.649. The summed E-state index contributed by atoms with van der Waals surface area (Å²) in [5.74, 6) is -0.0473. The van der Waals surface area contributed by atoms with E-state index in [4.69, 9.17) is 23.2 Å². The number of halogens is 2. The molecule has 150 valence electrons. The molecule has 28 heavy (non-hydrogen) atoms. The third-order valence-electron chi connectivity index (χ3n) is 4.16. The van der Waals surface area contributed by atoms with E-state index >= 15 is 0 Å². The highest BCUT2D eigenvalue weighted by atomic mass is 35.5. The number of amides is 2. The number of carbonyl (C=O) groups is 2. The zero-order chi connectivity index (χ0) is 20.7. The molecule has 0 bridgehead atoms. The van der Waals surface area contributed by atoms with Crippen LogP contribution in [0, 0.1) is 5.92 Å². The average Bonchev–Trinajstić information content (AvgIpc) is 2.66. The van der Waals surface area contributed by atoms with E-state index in [0.29, 0.717) is 40.4 Å². The maximum Gasteiger partial charge on any atom is 0.255 e. The number of nitrogens with one attached hydrogen (secondary N) is 1. The third kappa shape index (κ3) is 6.46. The van der Waals surface area contributed by atoms with Gasteiger partial charge in [0.1, 0.15) is 10.3 Å². The van der Waals surface area contributed by atoms with Gasteiger partial charge in [-0.25, -0.2) is 9.97 Å². The van der Waals surface area contributed by atoms with Crippen LogP contribution in [0.25, 0.3) is 0 Å². The first-order valence-corrected chi connectivity index (χ1v) is 9.89. The maximum atomic E-state index is 12.8. The number of likely N-dealkylation sites (N-methyl/N-ethyl adjacent to an activating group) is 1. The van der Waals surface area contributed by atoms with Gasteiger partial charge in [0.05, 0.1) is 11.1 Å². The van der Waals surface area contributed by atoms with Gasteiger partial charge >= 0.3 is 0 Å². The summed E-state index contributed by atoms with van der Waals surface area (Å²) >= 11 is 11.6. The monoisotopic (exact) mass is 422 g/mol. The average molecular weight is 423 g/mol. The van der Waals surface area contributed by atoms with Crippen molar-refractivity contribution in [3.63, 3.8) is 0 Å². The molecule has 8 heteroatoms. The van der Waals surface area contributed by atoms with Crippen LogP contribution in [0.1, 0.15) is 47.9 Å². The first kappa shape index (κ1) is 22.1. The van der Waals surface area contributed by atoms with E-state index in [9.17, 15) is 9.59 Å². The summed E-state index contributed by atoms with van der Waals surface area (Å²) in [4.78, 5) is 35.0. The molecule has 0 unspecified atom stereocenters. The molecule has 2 amide bonds. The Balaban J connectivity index is 2.12. The van der Waals surface area contributed by atoms with Gasteiger partial charge in [-0.2, -0.15) is 0 Å². The van der Waals surface area contributed by atoms with E-state index in [2.05, 4.69) is 29.1 Å². The van der Waals surface area contributed by atoms with E-state index in [1.165, 1.54) is 12.4 Å². The van der Waals surface area contributed by atoms with Crippen molar-refractivity contribution >= 4 is 35.0 Å². The Labute approximate surface area is 175 Å². The van der Waals surface area contributed by atoms with Gasteiger partial charge in [0.2, 0.25) is 0 Å². The molecular formula is C20H24Cl2N4O2. The molecule has 0 aliphatic rings. The molecule has 2 aromatic heterocycles. The number of nitrogens with zero attached hydrogens (tertiary/aromatic N) is 3. The zero-order valence-electron chi connectivity index (χ0n) is 16.2. The van der Waals surface area contributed by atoms with Gasteiger partial charge in [0.25, 0.3) is 11.8 Å². The van der Waals surface area contributed by atoms with E-state index in [-0.39, 0.29) is 17.9 Å². The Kier molecular flexibility index (Phi) is 8.20. The molecule has 0 aromatic carbocycles. The molecule has 0 fully saturated rings. The lowest BCUT2D eigenvalue weighted by Crippen LogP contribution is -2.46. The van der Waals surface area contributed by atoms with Crippen LogP contribution in [0.15, 0.2) is 36.7 Å². The van der Waals surface area contributed by atoms with Crippen molar-refractivity contribution in [2.45, 2.75) is 33.2 Å². The molecule has 2 rings (SSSR count). The summed E-state index contributed by atoms with van der Waals surface area (Å²) in [5, 5.41) is 3.67. The van der Waals surface area contributed by atoms with E-state index < -0.39 is 0 Å². The van der Waals surface area contributed by atoms with Crippen LogP contribution in [-0.4, -0.2) is 45.8 Å². The second-order valence-electron chi connectivity index (χ2n) is 6.88. The summed E-state index contributed by atoms with van der Waals surface area (Å²) in [6.45, 7) is 6.95. The van der Waals surface area contributed by atoms with Crippen molar-refractivity contribution in [3.8, 4) is 0 Å². The van der Waals surface area contributed by atoms with Gasteiger partial charge in [0.15, 0.2) is 0 Å². The lowest BCUT2D eigenvalue weighted by molar-refractivity contribution is 0.0726. The number of rotatable bonds is 8. The van der Waals surface area contributed by atoms with Crippen LogP contribution in [0.4, 0.5) is 0 Å². The van der Waals surface area contributed by atoms with Gasteiger partial charge in [-0.15, -0.1) is 0 Å². The molecule has 1 atom stereocenters. The number of pyridine rings is 2. The Morgan fingerprint density at radius 2 is 1.61 bits per heavy atom. The Morgan fingerprint density at radius 1 is 1.04 bits per heavy atom. The van der Waals surface area contributed by atoms with Gasteiger partial charge < -0.3 is 10.2 Å². The predicted octanol–water partition coefficient (Wildman–Crippen LogP) is 4.09. The highest BCUT2D eigenvalue weighted by molar-refractivity contribution is 6.29. The predicted molar refractivity (Wildman–Crippen MR) is 111 cm³/mol. The van der Waals surface area contributed by atoms with Crippen molar-refractivity contribution in [2.24, 2.45) is 5.92 Å². The standard InChI is InChI=1S/C20H24Cl2N4O2/c1-4-26(20(28)15-6-8-18(22)24-11-15)12-16(9-13(2)3)25-19(27)14-5-7-17(21)23-10-14/h5-8,10-11,13,16H,4,9,12H2,1-3H3,(H,25,27)/t16-/m1/s1. The fourth-order valence-electron chi connectivity index (χ4n) is 2.83. The van der Waals surface area contributed by atoms with Crippen molar-refractivity contribution in [1.29, 1.82) is 0 Å². The van der Waals surface area contributed by atoms with Gasteiger partial charge in [0, 0.05) is 31.5 Å². The summed E-state index contributed by atoms with van der Waals surface area (Å²) in [6, 6.07) is 6.23. The third-order valence-corrected chi connectivity index (χ3v) is 4.61. The first-order valence-electron chi connectivity index (χ1n) is 9.13. The molecule has 0 saturated carbocycles. The summed E-state index contributed by atoms with van der Waals surface area (Å²) in [6.07, 6.45) is 3.63. The van der Waals surface area contributed by atoms with Gasteiger partial charge in [-0.3, -0.25) is 9.59 Å². The topological polar surface area (TPSA) is 75.2 Å². The summed E-state index contributed by atoms with van der Waals surface area (Å²) in [5.41, 5.74) is 0.886. The molecule has 2 aromatic rings. The second-order valence-corrected chi connectivity index (χ2v) is 7.66. The molecular weight excluding hydrogens is 399 g/mol. The molecule has 2 heterocycles. The number of hydrogen-bond acceptors (Lipinski definition) is 4. The highest BCUT2D eigenvalue weighted by Gasteiger charge is 2.22. The zero-order valence-corrected chi connectivity index (χ0v) is 17.7. The van der Waals surface area contributed by atoms with Crippen molar-refractivity contribution in [1.82, 2.24) is 20.2 Å². The molecule has 0 saturated heterocycles. The minimum absolute atomic E-state index is 0.150. The SMILES string of the molecule is CCN(C[C@@H](CC(C)C)NC(=O)c1ccc(Cl)nc1)C(=O)c1ccc(Cl)nc1. The van der Waals surface area contributed by atoms with Crippen LogP contribution in [0.5, 0.6) is 0 Å². The van der Waals surface area contributed by atoms with Crippen molar-refractivity contribution in [2.75, 3.05) is 13.1 Å². The van der Waals surface area contributed by atoms with Crippen LogP contribution >= 0.6 is 23.2 Å². The summed E-state index contributed by atoms with van der Waals surface area (Å²) < 4.78 is 0. The van der Waals surface area contributed by atoms with Crippen LogP contribution in [0.3, 0.4) is 0 Å². The largest absolute Gasteiger partial charge is 0.347 e. The molecule has 6 nitrogen and oxygen atoms in total. The maximum absolute atomic E-state index is 12.8. The van der Waals surface area contributed by atoms with Crippen LogP contribution in [0.2, 0.25) is 10.3 Å². The van der Waals surface area contributed by atoms with Crippen LogP contribution in [-0.2, 0) is 0 Å². The minimum atomic E-state index is -0.244. The van der Waals surface area contributed by atoms with Crippen LogP contribution < -0.4 is 5.32 Å². The smallest absolute Gasteiger partial charge is 0.255 e. The minimum Gasteiger partial charge on any atom is -0.347 e. The van der Waals surface area contributed by atoms with Crippen molar-refractivity contribution < 1.29 is 9.59 Å².